The Kier molecular flexibility index (Phi) is 5.62. The summed E-state index contributed by atoms with van der Waals surface area (Å²) in [5.41, 5.74) is 0. The molecule has 10 heteroatoms. The molecule has 1 fully saturated rings. The van der Waals surface area contributed by atoms with Crippen molar-refractivity contribution in [3.63, 3.8) is 0 Å². The molecule has 0 spiro atoms. The van der Waals surface area contributed by atoms with Crippen LogP contribution in [0.5, 0.6) is 0 Å². The van der Waals surface area contributed by atoms with E-state index in [0.717, 1.165) is 0 Å². The zero-order valence-corrected chi connectivity index (χ0v) is 12.5. The maximum absolute atomic E-state index is 12.4. The van der Waals surface area contributed by atoms with Crippen molar-refractivity contribution in [2.75, 3.05) is 13.1 Å². The second-order valence-corrected chi connectivity index (χ2v) is 7.16. The van der Waals surface area contributed by atoms with Crippen molar-refractivity contribution >= 4 is 16.0 Å². The fourth-order valence-corrected chi connectivity index (χ4v) is 3.38. The van der Waals surface area contributed by atoms with Gasteiger partial charge >= 0.3 is 12.1 Å². The first-order chi connectivity index (χ1) is 9.47. The summed E-state index contributed by atoms with van der Waals surface area (Å²) < 4.78 is 62.5. The zero-order valence-electron chi connectivity index (χ0n) is 11.7. The van der Waals surface area contributed by atoms with Gasteiger partial charge in [0.2, 0.25) is 10.0 Å². The van der Waals surface area contributed by atoms with Crippen LogP contribution in [0.2, 0.25) is 0 Å². The Morgan fingerprint density at radius 3 is 2.33 bits per heavy atom. The highest BCUT2D eigenvalue weighted by molar-refractivity contribution is 7.90. The van der Waals surface area contributed by atoms with Crippen molar-refractivity contribution < 1.29 is 31.5 Å². The third-order valence-corrected chi connectivity index (χ3v) is 5.49. The Balaban J connectivity index is 2.53. The summed E-state index contributed by atoms with van der Waals surface area (Å²) in [6, 6.07) is -0.701. The summed E-state index contributed by atoms with van der Waals surface area (Å²) in [5, 5.41) is 6.25. The highest BCUT2D eigenvalue weighted by atomic mass is 32.2. The molecule has 1 unspecified atom stereocenters. The number of rotatable bonds is 7. The molecular weight excluding hydrogens is 313 g/mol. The van der Waals surface area contributed by atoms with Crippen LogP contribution in [0.3, 0.4) is 0 Å². The summed E-state index contributed by atoms with van der Waals surface area (Å²) in [6.07, 6.45) is -4.19. The van der Waals surface area contributed by atoms with E-state index < -0.39 is 33.5 Å². The van der Waals surface area contributed by atoms with Crippen LogP contribution in [0.25, 0.3) is 0 Å². The monoisotopic (exact) mass is 332 g/mol. The van der Waals surface area contributed by atoms with Crippen LogP contribution in [0, 0.1) is 0 Å². The van der Waals surface area contributed by atoms with Crippen molar-refractivity contribution in [3.05, 3.63) is 0 Å². The van der Waals surface area contributed by atoms with Gasteiger partial charge in [0, 0.05) is 12.1 Å². The Morgan fingerprint density at radius 2 is 1.95 bits per heavy atom. The van der Waals surface area contributed by atoms with Crippen molar-refractivity contribution in [1.82, 2.24) is 9.62 Å². The van der Waals surface area contributed by atoms with Crippen LogP contribution in [0.1, 0.15) is 26.7 Å². The predicted octanol–water partition coefficient (Wildman–Crippen LogP) is 0.794. The molecule has 1 atom stereocenters. The number of aliphatic carboxylic acids is 1. The number of nitrogens with one attached hydrogen (secondary N) is 1. The molecule has 1 aliphatic rings. The van der Waals surface area contributed by atoms with E-state index in [4.69, 9.17) is 5.11 Å². The molecule has 0 saturated heterocycles. The van der Waals surface area contributed by atoms with E-state index in [9.17, 15) is 26.4 Å². The van der Waals surface area contributed by atoms with Gasteiger partial charge in [-0.05, 0) is 26.3 Å². The first-order valence-corrected chi connectivity index (χ1v) is 8.05. The normalized spacial score (nSPS) is 24.7. The largest absolute Gasteiger partial charge is 0.480 e. The standard InChI is InChI=1S/C11H19F3N2O4S/c1-3-16(6-10(17)18)9-4-8(5-9)15-21(19,20)7(2)11(12,13)14/h7-9,15H,3-6H2,1-2H3,(H,17,18). The van der Waals surface area contributed by atoms with Crippen LogP contribution in [0.15, 0.2) is 0 Å². The number of hydrogen-bond donors (Lipinski definition) is 2. The van der Waals surface area contributed by atoms with Gasteiger partial charge in [-0.2, -0.15) is 13.2 Å². The first-order valence-electron chi connectivity index (χ1n) is 6.51. The van der Waals surface area contributed by atoms with Crippen LogP contribution in [-0.4, -0.2) is 61.0 Å². The molecule has 0 aromatic heterocycles. The maximum atomic E-state index is 12.4. The molecule has 0 aliphatic heterocycles. The molecule has 0 aromatic carbocycles. The van der Waals surface area contributed by atoms with Gasteiger partial charge in [-0.1, -0.05) is 6.92 Å². The van der Waals surface area contributed by atoms with Gasteiger partial charge < -0.3 is 5.11 Å². The van der Waals surface area contributed by atoms with E-state index in [0.29, 0.717) is 26.3 Å². The quantitative estimate of drug-likeness (QED) is 0.720. The number of nitrogens with zero attached hydrogens (tertiary/aromatic N) is 1. The van der Waals surface area contributed by atoms with Gasteiger partial charge in [-0.25, -0.2) is 13.1 Å². The molecule has 0 heterocycles. The molecule has 0 radical (unpaired) electrons. The molecule has 124 valence electrons. The molecule has 6 nitrogen and oxygen atoms in total. The smallest absolute Gasteiger partial charge is 0.406 e. The summed E-state index contributed by atoms with van der Waals surface area (Å²) in [5.74, 6) is -0.994. The number of alkyl halides is 3. The molecule has 21 heavy (non-hydrogen) atoms. The number of sulfonamides is 1. The van der Waals surface area contributed by atoms with E-state index >= 15 is 0 Å². The average Bonchev–Trinajstić information content (AvgIpc) is 2.28. The van der Waals surface area contributed by atoms with Gasteiger partial charge in [0.15, 0.2) is 5.25 Å². The van der Waals surface area contributed by atoms with Gasteiger partial charge in [0.1, 0.15) is 0 Å². The number of hydrogen-bond acceptors (Lipinski definition) is 4. The van der Waals surface area contributed by atoms with Crippen molar-refractivity contribution in [2.45, 2.75) is 50.2 Å². The predicted molar refractivity (Wildman–Crippen MR) is 69.3 cm³/mol. The Bertz CT molecular complexity index is 474. The van der Waals surface area contributed by atoms with Crippen molar-refractivity contribution in [2.24, 2.45) is 0 Å². The van der Waals surface area contributed by atoms with E-state index in [-0.39, 0.29) is 12.6 Å². The number of halogens is 3. The highest BCUT2D eigenvalue weighted by Gasteiger charge is 2.47. The Hall–Kier alpha value is -0.870. The minimum Gasteiger partial charge on any atom is -0.480 e. The van der Waals surface area contributed by atoms with Gasteiger partial charge in [-0.3, -0.25) is 9.69 Å². The van der Waals surface area contributed by atoms with E-state index in [1.54, 1.807) is 11.8 Å². The summed E-state index contributed by atoms with van der Waals surface area (Å²) in [6.45, 7) is 2.68. The SMILES string of the molecule is CCN(CC(=O)O)C1CC(NS(=O)(=O)C(C)C(F)(F)F)C1. The third kappa shape index (κ3) is 4.82. The van der Waals surface area contributed by atoms with Crippen LogP contribution in [-0.2, 0) is 14.8 Å². The second kappa shape index (κ2) is 6.49. The maximum Gasteiger partial charge on any atom is 0.406 e. The van der Waals surface area contributed by atoms with E-state index in [2.05, 4.69) is 0 Å². The van der Waals surface area contributed by atoms with Crippen LogP contribution < -0.4 is 4.72 Å². The molecule has 0 bridgehead atoms. The zero-order chi connectivity index (χ0) is 16.4. The number of carbonyl (C=O) groups is 1. The summed E-state index contributed by atoms with van der Waals surface area (Å²) >= 11 is 0. The van der Waals surface area contributed by atoms with Gasteiger partial charge in [0.05, 0.1) is 6.54 Å². The van der Waals surface area contributed by atoms with E-state index in [1.807, 2.05) is 4.72 Å². The molecule has 2 N–H and O–H groups in total. The fourth-order valence-electron chi connectivity index (χ4n) is 2.17. The molecular formula is C11H19F3N2O4S. The minimum absolute atomic E-state index is 0.125. The second-order valence-electron chi connectivity index (χ2n) is 5.13. The van der Waals surface area contributed by atoms with Crippen LogP contribution in [0.4, 0.5) is 13.2 Å². The first kappa shape index (κ1) is 18.2. The fraction of sp³-hybridized carbons (Fsp3) is 0.909. The minimum atomic E-state index is -4.81. The molecule has 1 rings (SSSR count). The number of likely N-dealkylation sites (N-methyl/N-ethyl adjacent to an activating group) is 1. The molecule has 1 saturated carbocycles. The van der Waals surface area contributed by atoms with E-state index in [1.165, 1.54) is 0 Å². The lowest BCUT2D eigenvalue weighted by atomic mass is 9.86. The molecule has 0 amide bonds. The Morgan fingerprint density at radius 1 is 1.43 bits per heavy atom. The van der Waals surface area contributed by atoms with Crippen LogP contribution >= 0.6 is 0 Å². The molecule has 0 aromatic rings. The lowest BCUT2D eigenvalue weighted by Gasteiger charge is -2.42. The van der Waals surface area contributed by atoms with Gasteiger partial charge in [-0.15, -0.1) is 0 Å². The summed E-state index contributed by atoms with van der Waals surface area (Å²) in [7, 11) is -4.47. The lowest BCUT2D eigenvalue weighted by Crippen LogP contribution is -2.56. The topological polar surface area (TPSA) is 86.7 Å². The summed E-state index contributed by atoms with van der Waals surface area (Å²) in [4.78, 5) is 12.3. The van der Waals surface area contributed by atoms with Crippen molar-refractivity contribution in [1.29, 1.82) is 0 Å². The lowest BCUT2D eigenvalue weighted by molar-refractivity contribution is -0.139. The molecule has 1 aliphatic carbocycles. The average molecular weight is 332 g/mol. The number of carboxylic acid groups (broad SMARTS) is 1. The van der Waals surface area contributed by atoms with Crippen molar-refractivity contribution in [3.8, 4) is 0 Å². The van der Waals surface area contributed by atoms with Gasteiger partial charge in [0.25, 0.3) is 0 Å². The number of carboxylic acids is 1. The third-order valence-electron chi connectivity index (χ3n) is 3.63. The highest BCUT2D eigenvalue weighted by Crippen LogP contribution is 2.29. The Labute approximate surface area is 121 Å².